The minimum Gasteiger partial charge on any atom is -0.383 e. The van der Waals surface area contributed by atoms with Crippen LogP contribution in [0, 0.1) is 0 Å². The fourth-order valence-electron chi connectivity index (χ4n) is 1.46. The van der Waals surface area contributed by atoms with Crippen LogP contribution in [0.25, 0.3) is 11.3 Å². The summed E-state index contributed by atoms with van der Waals surface area (Å²) >= 11 is 0. The third-order valence-corrected chi connectivity index (χ3v) is 2.63. The Hall–Kier alpha value is -1.65. The molecule has 1 aromatic heterocycles. The average Bonchev–Trinajstić information content (AvgIpc) is 2.80. The predicted molar refractivity (Wildman–Crippen MR) is 62.6 cm³/mol. The molecule has 4 heteroatoms. The molecule has 0 saturated heterocycles. The Bertz CT molecular complexity index is 462. The maximum Gasteiger partial charge on any atom is 0.115 e. The number of nitrogens with one attached hydrogen (secondary N) is 1. The zero-order chi connectivity index (χ0) is 11.6. The van der Waals surface area contributed by atoms with Gasteiger partial charge in [0.15, 0.2) is 0 Å². The van der Waals surface area contributed by atoms with E-state index in [-0.39, 0.29) is 6.54 Å². The van der Waals surface area contributed by atoms with E-state index in [1.807, 2.05) is 36.4 Å². The van der Waals surface area contributed by atoms with E-state index in [0.29, 0.717) is 5.69 Å². The van der Waals surface area contributed by atoms with Crippen LogP contribution in [0.2, 0.25) is 0 Å². The van der Waals surface area contributed by atoms with Gasteiger partial charge in [0.2, 0.25) is 0 Å². The van der Waals surface area contributed by atoms with E-state index in [2.05, 4.69) is 10.2 Å². The molecule has 0 spiro atoms. The van der Waals surface area contributed by atoms with Crippen molar-refractivity contribution in [2.75, 3.05) is 6.54 Å². The first-order valence-electron chi connectivity index (χ1n) is 5.17. The molecule has 1 aromatic carbocycles. The number of nitrogens with two attached hydrogens (primary N) is 1. The summed E-state index contributed by atoms with van der Waals surface area (Å²) in [6, 6.07) is 11.6. The predicted octanol–water partition coefficient (Wildman–Crippen LogP) is 1.24. The molecule has 0 radical (unpaired) electrons. The summed E-state index contributed by atoms with van der Waals surface area (Å²) in [6.07, 6.45) is 0. The highest BCUT2D eigenvalue weighted by Crippen LogP contribution is 2.22. The van der Waals surface area contributed by atoms with E-state index in [0.717, 1.165) is 11.3 Å². The van der Waals surface area contributed by atoms with Gasteiger partial charge in [-0.05, 0) is 13.0 Å². The Morgan fingerprint density at radius 1 is 1.38 bits per heavy atom. The third-order valence-electron chi connectivity index (χ3n) is 2.63. The molecule has 0 saturated carbocycles. The van der Waals surface area contributed by atoms with Crippen LogP contribution in [-0.2, 0) is 5.60 Å². The summed E-state index contributed by atoms with van der Waals surface area (Å²) in [6.45, 7) is 1.82. The van der Waals surface area contributed by atoms with E-state index in [9.17, 15) is 5.11 Å². The second-order valence-electron chi connectivity index (χ2n) is 4.01. The van der Waals surface area contributed by atoms with Gasteiger partial charge < -0.3 is 10.8 Å². The molecule has 4 N–H and O–H groups in total. The molecule has 0 fully saturated rings. The molecule has 0 aliphatic carbocycles. The molecule has 0 aliphatic heterocycles. The van der Waals surface area contributed by atoms with Crippen LogP contribution < -0.4 is 5.73 Å². The van der Waals surface area contributed by atoms with Crippen LogP contribution in [0.3, 0.4) is 0 Å². The summed E-state index contributed by atoms with van der Waals surface area (Å²) in [5.74, 6) is 0. The minimum atomic E-state index is -1.06. The lowest BCUT2D eigenvalue weighted by Gasteiger charge is -2.18. The van der Waals surface area contributed by atoms with E-state index in [1.54, 1.807) is 6.92 Å². The molecular weight excluding hydrogens is 202 g/mol. The van der Waals surface area contributed by atoms with Crippen LogP contribution in [0.5, 0.6) is 0 Å². The molecule has 16 heavy (non-hydrogen) atoms. The van der Waals surface area contributed by atoms with Gasteiger partial charge in [-0.25, -0.2) is 0 Å². The quantitative estimate of drug-likeness (QED) is 0.724. The highest BCUT2D eigenvalue weighted by Gasteiger charge is 2.23. The highest BCUT2D eigenvalue weighted by molar-refractivity contribution is 5.59. The number of hydrogen-bond acceptors (Lipinski definition) is 3. The van der Waals surface area contributed by atoms with Gasteiger partial charge in [0.1, 0.15) is 5.60 Å². The van der Waals surface area contributed by atoms with Gasteiger partial charge in [0.05, 0.1) is 11.4 Å². The van der Waals surface area contributed by atoms with Crippen molar-refractivity contribution in [1.82, 2.24) is 10.2 Å². The molecule has 2 rings (SSSR count). The summed E-state index contributed by atoms with van der Waals surface area (Å²) in [7, 11) is 0. The van der Waals surface area contributed by atoms with Gasteiger partial charge in [-0.2, -0.15) is 5.10 Å². The number of hydrogen-bond donors (Lipinski definition) is 3. The molecule has 0 amide bonds. The number of nitrogens with zero attached hydrogens (tertiary/aromatic N) is 1. The second kappa shape index (κ2) is 4.08. The van der Waals surface area contributed by atoms with Crippen LogP contribution in [-0.4, -0.2) is 21.8 Å². The van der Waals surface area contributed by atoms with Crippen molar-refractivity contribution in [1.29, 1.82) is 0 Å². The third kappa shape index (κ3) is 1.98. The average molecular weight is 217 g/mol. The normalized spacial score (nSPS) is 14.7. The number of benzene rings is 1. The maximum atomic E-state index is 9.96. The van der Waals surface area contributed by atoms with Gasteiger partial charge in [-0.3, -0.25) is 5.10 Å². The molecule has 2 aromatic rings. The van der Waals surface area contributed by atoms with Crippen molar-refractivity contribution in [3.63, 3.8) is 0 Å². The molecule has 0 bridgehead atoms. The summed E-state index contributed by atoms with van der Waals surface area (Å²) in [5, 5.41) is 16.9. The lowest BCUT2D eigenvalue weighted by Crippen LogP contribution is -2.31. The van der Waals surface area contributed by atoms with Crippen molar-refractivity contribution < 1.29 is 5.11 Å². The van der Waals surface area contributed by atoms with Crippen LogP contribution >= 0.6 is 0 Å². The van der Waals surface area contributed by atoms with E-state index in [4.69, 9.17) is 5.73 Å². The number of rotatable bonds is 3. The Labute approximate surface area is 94.1 Å². The fraction of sp³-hybridized carbons (Fsp3) is 0.250. The topological polar surface area (TPSA) is 74.9 Å². The van der Waals surface area contributed by atoms with Crippen molar-refractivity contribution >= 4 is 0 Å². The van der Waals surface area contributed by atoms with Gasteiger partial charge >= 0.3 is 0 Å². The number of aromatic amines is 1. The lowest BCUT2D eigenvalue weighted by atomic mass is 10.0. The van der Waals surface area contributed by atoms with E-state index >= 15 is 0 Å². The Balaban J connectivity index is 2.34. The van der Waals surface area contributed by atoms with Crippen molar-refractivity contribution in [2.24, 2.45) is 5.73 Å². The Morgan fingerprint density at radius 3 is 2.69 bits per heavy atom. The molecule has 1 heterocycles. The highest BCUT2D eigenvalue weighted by atomic mass is 16.3. The van der Waals surface area contributed by atoms with Gasteiger partial charge in [-0.15, -0.1) is 0 Å². The fourth-order valence-corrected chi connectivity index (χ4v) is 1.46. The summed E-state index contributed by atoms with van der Waals surface area (Å²) in [5.41, 5.74) is 6.89. The number of H-pyrrole nitrogens is 1. The van der Waals surface area contributed by atoms with E-state index in [1.165, 1.54) is 0 Å². The largest absolute Gasteiger partial charge is 0.383 e. The summed E-state index contributed by atoms with van der Waals surface area (Å²) in [4.78, 5) is 0. The van der Waals surface area contributed by atoms with Crippen LogP contribution in [0.4, 0.5) is 0 Å². The first-order chi connectivity index (χ1) is 7.63. The Morgan fingerprint density at radius 2 is 2.06 bits per heavy atom. The monoisotopic (exact) mass is 217 g/mol. The number of aliphatic hydroxyl groups is 1. The first kappa shape index (κ1) is 10.9. The standard InChI is InChI=1S/C12H15N3O/c1-12(16,8-13)11-7-10(14-15-11)9-5-3-2-4-6-9/h2-7,16H,8,13H2,1H3,(H,14,15). The second-order valence-corrected chi connectivity index (χ2v) is 4.01. The van der Waals surface area contributed by atoms with Crippen molar-refractivity contribution in [2.45, 2.75) is 12.5 Å². The maximum absolute atomic E-state index is 9.96. The van der Waals surface area contributed by atoms with Crippen LogP contribution in [0.15, 0.2) is 36.4 Å². The van der Waals surface area contributed by atoms with Gasteiger partial charge in [0, 0.05) is 12.1 Å². The first-order valence-corrected chi connectivity index (χ1v) is 5.17. The van der Waals surface area contributed by atoms with Gasteiger partial charge in [0.25, 0.3) is 0 Å². The molecular formula is C12H15N3O. The van der Waals surface area contributed by atoms with E-state index < -0.39 is 5.60 Å². The minimum absolute atomic E-state index is 0.156. The lowest BCUT2D eigenvalue weighted by molar-refractivity contribution is 0.0621. The Kier molecular flexibility index (Phi) is 2.77. The SMILES string of the molecule is CC(O)(CN)c1cc(-c2ccccc2)n[nH]1. The zero-order valence-corrected chi connectivity index (χ0v) is 9.14. The molecule has 84 valence electrons. The van der Waals surface area contributed by atoms with Gasteiger partial charge in [-0.1, -0.05) is 30.3 Å². The van der Waals surface area contributed by atoms with Crippen molar-refractivity contribution in [3.05, 3.63) is 42.1 Å². The molecule has 1 unspecified atom stereocenters. The summed E-state index contributed by atoms with van der Waals surface area (Å²) < 4.78 is 0. The molecule has 0 aliphatic rings. The number of aromatic nitrogens is 2. The molecule has 1 atom stereocenters. The smallest absolute Gasteiger partial charge is 0.115 e. The molecule has 4 nitrogen and oxygen atoms in total. The van der Waals surface area contributed by atoms with Crippen molar-refractivity contribution in [3.8, 4) is 11.3 Å². The van der Waals surface area contributed by atoms with Crippen LogP contribution in [0.1, 0.15) is 12.6 Å². The zero-order valence-electron chi connectivity index (χ0n) is 9.14.